The van der Waals surface area contributed by atoms with Gasteiger partial charge in [-0.2, -0.15) is 0 Å². The summed E-state index contributed by atoms with van der Waals surface area (Å²) in [5.41, 5.74) is 1.28. The first kappa shape index (κ1) is 16.7. The molecule has 1 amide bonds. The zero-order valence-electron chi connectivity index (χ0n) is 13.2. The number of thiophene rings is 1. The molecule has 3 aromatic rings. The summed E-state index contributed by atoms with van der Waals surface area (Å²) < 4.78 is 0. The molecule has 0 unspecified atom stereocenters. The molecule has 0 aliphatic heterocycles. The number of hydrogen-bond acceptors (Lipinski definition) is 3. The Kier molecular flexibility index (Phi) is 4.78. The summed E-state index contributed by atoms with van der Waals surface area (Å²) in [5.74, 6) is -1.45. The van der Waals surface area contributed by atoms with Gasteiger partial charge in [0.1, 0.15) is 4.88 Å². The largest absolute Gasteiger partial charge is 0.477 e. The van der Waals surface area contributed by atoms with Gasteiger partial charge in [-0.3, -0.25) is 4.79 Å². The van der Waals surface area contributed by atoms with Crippen molar-refractivity contribution in [3.8, 4) is 0 Å². The van der Waals surface area contributed by atoms with Crippen LogP contribution in [0.15, 0.2) is 47.8 Å². The summed E-state index contributed by atoms with van der Waals surface area (Å²) >= 11 is 0.939. The van der Waals surface area contributed by atoms with Crippen LogP contribution in [0.2, 0.25) is 0 Å². The predicted octanol–water partition coefficient (Wildman–Crippen LogP) is 4.72. The van der Waals surface area contributed by atoms with E-state index in [1.807, 2.05) is 42.5 Å². The minimum absolute atomic E-state index is 0.0231. The second-order valence-electron chi connectivity index (χ2n) is 5.47. The Morgan fingerprint density at radius 3 is 2.64 bits per heavy atom. The van der Waals surface area contributed by atoms with Crippen molar-refractivity contribution in [3.05, 3.63) is 69.7 Å². The van der Waals surface area contributed by atoms with Gasteiger partial charge in [0.2, 0.25) is 11.6 Å². The zero-order chi connectivity index (χ0) is 17.8. The molecule has 0 radical (unpaired) electrons. The number of carbonyl (C=O) groups excluding carboxylic acids is 1. The van der Waals surface area contributed by atoms with Crippen LogP contribution < -0.4 is 5.32 Å². The highest BCUT2D eigenvalue weighted by Crippen LogP contribution is 2.35. The Balaban J connectivity index is 1.70. The van der Waals surface area contributed by atoms with Crippen LogP contribution >= 0.6 is 11.3 Å². The van der Waals surface area contributed by atoms with Gasteiger partial charge >= 0.3 is 5.97 Å². The minimum atomic E-state index is -1.15. The molecule has 0 spiro atoms. The number of benzene rings is 2. The molecule has 0 aliphatic rings. The summed E-state index contributed by atoms with van der Waals surface area (Å²) in [6.07, 6.45) is 0.751. The molecular weight excluding hydrogens is 336 g/mol. The van der Waals surface area contributed by atoms with Crippen LogP contribution in [0.5, 0.6) is 0 Å². The number of aromatic carboxylic acids is 1. The van der Waals surface area contributed by atoms with Crippen LogP contribution in [-0.2, 0) is 11.2 Å². The van der Waals surface area contributed by atoms with Gasteiger partial charge < -0.3 is 10.4 Å². The molecule has 0 atom stereocenters. The van der Waals surface area contributed by atoms with E-state index in [1.165, 1.54) is 5.38 Å². The van der Waals surface area contributed by atoms with E-state index in [0.29, 0.717) is 6.42 Å². The second-order valence-corrected chi connectivity index (χ2v) is 6.35. The highest BCUT2D eigenvalue weighted by molar-refractivity contribution is 7.13. The average Bonchev–Trinajstić information content (AvgIpc) is 3.02. The average molecular weight is 350 g/mol. The lowest BCUT2D eigenvalue weighted by Gasteiger charge is -2.07. The topological polar surface area (TPSA) is 70.8 Å². The molecule has 1 heterocycles. The van der Waals surface area contributed by atoms with Crippen molar-refractivity contribution in [1.29, 1.82) is 0 Å². The number of rotatable bonds is 5. The molecule has 3 rings (SSSR count). The Morgan fingerprint density at radius 1 is 1.16 bits per heavy atom. The molecular formula is C19H14N2O3S. The zero-order valence-corrected chi connectivity index (χ0v) is 14.0. The third kappa shape index (κ3) is 3.67. The molecule has 6 heteroatoms. The molecule has 5 nitrogen and oxygen atoms in total. The number of aryl methyl sites for hydroxylation is 1. The van der Waals surface area contributed by atoms with Gasteiger partial charge in [-0.1, -0.05) is 42.5 Å². The normalized spacial score (nSPS) is 10.4. The fraction of sp³-hybridized carbons (Fsp3) is 0.105. The monoisotopic (exact) mass is 350 g/mol. The standard InChI is InChI=1S/C19H14N2O3S/c1-20-15-11-25-18(19(23)24)17(15)21-16(22)9-7-12-6-8-13-4-2-3-5-14(13)10-12/h2-6,8,10-11H,7,9H2,(H,21,22)(H,23,24). The van der Waals surface area contributed by atoms with E-state index in [0.717, 1.165) is 27.7 Å². The highest BCUT2D eigenvalue weighted by Gasteiger charge is 2.19. The fourth-order valence-corrected chi connectivity index (χ4v) is 3.34. The summed E-state index contributed by atoms with van der Waals surface area (Å²) in [6, 6.07) is 14.0. The van der Waals surface area contributed by atoms with Gasteiger partial charge in [-0.15, -0.1) is 11.3 Å². The van der Waals surface area contributed by atoms with Crippen molar-refractivity contribution < 1.29 is 14.7 Å². The van der Waals surface area contributed by atoms with Gasteiger partial charge in [0.15, 0.2) is 0 Å². The van der Waals surface area contributed by atoms with Gasteiger partial charge in [0.25, 0.3) is 0 Å². The van der Waals surface area contributed by atoms with Crippen molar-refractivity contribution >= 4 is 45.4 Å². The molecule has 0 bridgehead atoms. The number of amides is 1. The van der Waals surface area contributed by atoms with E-state index in [-0.39, 0.29) is 28.6 Å². The maximum atomic E-state index is 12.2. The Hall–Kier alpha value is -3.17. The van der Waals surface area contributed by atoms with E-state index in [4.69, 9.17) is 11.7 Å². The first-order valence-electron chi connectivity index (χ1n) is 7.58. The lowest BCUT2D eigenvalue weighted by atomic mass is 10.0. The van der Waals surface area contributed by atoms with Crippen molar-refractivity contribution in [2.45, 2.75) is 12.8 Å². The number of nitrogens with one attached hydrogen (secondary N) is 1. The Bertz CT molecular complexity index is 1000. The van der Waals surface area contributed by atoms with Crippen molar-refractivity contribution in [2.24, 2.45) is 0 Å². The molecule has 2 N–H and O–H groups in total. The van der Waals surface area contributed by atoms with Crippen molar-refractivity contribution in [2.75, 3.05) is 5.32 Å². The van der Waals surface area contributed by atoms with Gasteiger partial charge in [-0.05, 0) is 28.1 Å². The molecule has 25 heavy (non-hydrogen) atoms. The van der Waals surface area contributed by atoms with Crippen molar-refractivity contribution in [3.63, 3.8) is 0 Å². The first-order valence-corrected chi connectivity index (χ1v) is 8.46. The van der Waals surface area contributed by atoms with Gasteiger partial charge in [0, 0.05) is 6.42 Å². The van der Waals surface area contributed by atoms with E-state index in [2.05, 4.69) is 10.2 Å². The predicted molar refractivity (Wildman–Crippen MR) is 98.4 cm³/mol. The highest BCUT2D eigenvalue weighted by atomic mass is 32.1. The van der Waals surface area contributed by atoms with Gasteiger partial charge in [0.05, 0.1) is 12.3 Å². The number of carbonyl (C=O) groups is 2. The molecule has 2 aromatic carbocycles. The lowest BCUT2D eigenvalue weighted by molar-refractivity contribution is -0.116. The third-order valence-electron chi connectivity index (χ3n) is 3.81. The third-order valence-corrected chi connectivity index (χ3v) is 4.76. The number of fused-ring (bicyclic) bond motifs is 1. The van der Waals surface area contributed by atoms with Gasteiger partial charge in [-0.25, -0.2) is 9.64 Å². The summed E-state index contributed by atoms with van der Waals surface area (Å²) in [5, 5.41) is 15.4. The Labute approximate surface area is 148 Å². The van der Waals surface area contributed by atoms with Crippen LogP contribution in [0.4, 0.5) is 11.4 Å². The SMILES string of the molecule is [C-]#[N+]c1csc(C(=O)O)c1NC(=O)CCc1ccc2ccccc2c1. The number of carboxylic acid groups (broad SMARTS) is 1. The lowest BCUT2D eigenvalue weighted by Crippen LogP contribution is -2.14. The number of anilines is 1. The van der Waals surface area contributed by atoms with Crippen LogP contribution in [0.1, 0.15) is 21.7 Å². The summed E-state index contributed by atoms with van der Waals surface area (Å²) in [4.78, 5) is 26.6. The maximum absolute atomic E-state index is 12.2. The number of nitrogens with zero attached hydrogens (tertiary/aromatic N) is 1. The van der Waals surface area contributed by atoms with Crippen LogP contribution in [0, 0.1) is 6.57 Å². The van der Waals surface area contributed by atoms with Crippen LogP contribution in [0.3, 0.4) is 0 Å². The van der Waals surface area contributed by atoms with Crippen LogP contribution in [0.25, 0.3) is 15.6 Å². The van der Waals surface area contributed by atoms with E-state index >= 15 is 0 Å². The minimum Gasteiger partial charge on any atom is -0.477 e. The van der Waals surface area contributed by atoms with E-state index in [9.17, 15) is 9.59 Å². The first-order chi connectivity index (χ1) is 12.1. The summed E-state index contributed by atoms with van der Waals surface area (Å²) in [6.45, 7) is 7.08. The fourth-order valence-electron chi connectivity index (χ4n) is 2.56. The summed E-state index contributed by atoms with van der Waals surface area (Å²) in [7, 11) is 0. The Morgan fingerprint density at radius 2 is 1.92 bits per heavy atom. The molecule has 1 aromatic heterocycles. The van der Waals surface area contributed by atoms with Crippen LogP contribution in [-0.4, -0.2) is 17.0 Å². The van der Waals surface area contributed by atoms with E-state index < -0.39 is 5.97 Å². The van der Waals surface area contributed by atoms with E-state index in [1.54, 1.807) is 0 Å². The van der Waals surface area contributed by atoms with Crippen molar-refractivity contribution in [1.82, 2.24) is 0 Å². The molecule has 0 saturated carbocycles. The molecule has 0 saturated heterocycles. The second kappa shape index (κ2) is 7.16. The maximum Gasteiger partial charge on any atom is 0.346 e. The molecule has 124 valence electrons. The molecule has 0 fully saturated rings. The number of carboxylic acids is 1. The quantitative estimate of drug-likeness (QED) is 0.654. The number of hydrogen-bond donors (Lipinski definition) is 2. The molecule has 0 aliphatic carbocycles. The smallest absolute Gasteiger partial charge is 0.346 e.